The quantitative estimate of drug-likeness (QED) is 0.804. The van der Waals surface area contributed by atoms with Crippen molar-refractivity contribution in [1.29, 1.82) is 0 Å². The molecule has 3 fully saturated rings. The largest absolute Gasteiger partial charge is 0.331 e. The first-order chi connectivity index (χ1) is 13.7. The highest BCUT2D eigenvalue weighted by atomic mass is 16.2. The average Bonchev–Trinajstić information content (AvgIpc) is 2.74. The van der Waals surface area contributed by atoms with Crippen LogP contribution in [0, 0.1) is 18.8 Å². The summed E-state index contributed by atoms with van der Waals surface area (Å²) >= 11 is 0. The zero-order chi connectivity index (χ0) is 19.1. The molecule has 4 aliphatic rings. The second-order valence-corrected chi connectivity index (χ2v) is 8.95. The van der Waals surface area contributed by atoms with Gasteiger partial charge < -0.3 is 9.80 Å². The number of piperidine rings is 3. The Morgan fingerprint density at radius 3 is 2.54 bits per heavy atom. The van der Waals surface area contributed by atoms with Gasteiger partial charge in [0.25, 0.3) is 0 Å². The molecule has 4 aliphatic heterocycles. The minimum absolute atomic E-state index is 0.0548. The van der Waals surface area contributed by atoms with Crippen LogP contribution in [0.1, 0.15) is 47.6 Å². The monoisotopic (exact) mass is 374 g/mol. The van der Waals surface area contributed by atoms with Crippen LogP contribution in [0.3, 0.4) is 0 Å². The molecule has 0 radical (unpaired) electrons. The van der Waals surface area contributed by atoms with Crippen molar-refractivity contribution in [3.05, 3.63) is 70.8 Å². The molecule has 1 amide bonds. The molecule has 2 aromatic rings. The van der Waals surface area contributed by atoms with Crippen molar-refractivity contribution in [2.75, 3.05) is 26.2 Å². The highest BCUT2D eigenvalue weighted by Crippen LogP contribution is 2.39. The van der Waals surface area contributed by atoms with Crippen molar-refractivity contribution in [3.63, 3.8) is 0 Å². The Hall–Kier alpha value is -2.13. The van der Waals surface area contributed by atoms with Gasteiger partial charge in [-0.1, -0.05) is 54.1 Å². The van der Waals surface area contributed by atoms with Crippen molar-refractivity contribution >= 4 is 5.91 Å². The van der Waals surface area contributed by atoms with E-state index in [-0.39, 0.29) is 6.04 Å². The SMILES string of the molecule is Cc1ccc2c(c1)CCN(C(=O)C[C@@H]1CN3CCC1CC3)[C@H]2c1ccccc1. The Morgan fingerprint density at radius 2 is 1.82 bits per heavy atom. The van der Waals surface area contributed by atoms with E-state index in [1.165, 1.54) is 48.2 Å². The third-order valence-corrected chi connectivity index (χ3v) is 7.19. The van der Waals surface area contributed by atoms with Crippen LogP contribution in [0.15, 0.2) is 48.5 Å². The van der Waals surface area contributed by atoms with E-state index in [1.54, 1.807) is 0 Å². The highest BCUT2D eigenvalue weighted by Gasteiger charge is 2.38. The Balaban J connectivity index is 1.44. The van der Waals surface area contributed by atoms with Crippen LogP contribution in [0.5, 0.6) is 0 Å². The molecule has 4 heterocycles. The predicted molar refractivity (Wildman–Crippen MR) is 112 cm³/mol. The van der Waals surface area contributed by atoms with Crippen molar-refractivity contribution in [3.8, 4) is 0 Å². The van der Waals surface area contributed by atoms with E-state index in [2.05, 4.69) is 65.3 Å². The molecule has 0 aromatic heterocycles. The number of hydrogen-bond acceptors (Lipinski definition) is 2. The Morgan fingerprint density at radius 1 is 1.04 bits per heavy atom. The van der Waals surface area contributed by atoms with Crippen LogP contribution in [0.4, 0.5) is 0 Å². The number of rotatable bonds is 3. The molecule has 0 spiro atoms. The van der Waals surface area contributed by atoms with Gasteiger partial charge in [-0.2, -0.15) is 0 Å². The van der Waals surface area contributed by atoms with Crippen molar-refractivity contribution in [2.24, 2.45) is 11.8 Å². The summed E-state index contributed by atoms with van der Waals surface area (Å²) in [5.41, 5.74) is 5.25. The van der Waals surface area contributed by atoms with E-state index >= 15 is 0 Å². The van der Waals surface area contributed by atoms with Gasteiger partial charge in [-0.25, -0.2) is 0 Å². The van der Waals surface area contributed by atoms with Crippen molar-refractivity contribution in [2.45, 2.75) is 38.6 Å². The summed E-state index contributed by atoms with van der Waals surface area (Å²) in [5, 5.41) is 0. The summed E-state index contributed by atoms with van der Waals surface area (Å²) in [6.07, 6.45) is 4.24. The van der Waals surface area contributed by atoms with E-state index < -0.39 is 0 Å². The summed E-state index contributed by atoms with van der Waals surface area (Å²) in [4.78, 5) is 18.2. The summed E-state index contributed by atoms with van der Waals surface area (Å²) in [6, 6.07) is 17.4. The Kier molecular flexibility index (Phi) is 4.72. The van der Waals surface area contributed by atoms with Crippen LogP contribution < -0.4 is 0 Å². The zero-order valence-electron chi connectivity index (χ0n) is 16.8. The molecular formula is C25H30N2O. The smallest absolute Gasteiger partial charge is 0.223 e. The number of amides is 1. The first-order valence-corrected chi connectivity index (χ1v) is 10.9. The lowest BCUT2D eigenvalue weighted by molar-refractivity contribution is -0.136. The molecule has 0 saturated carbocycles. The maximum atomic E-state index is 13.5. The van der Waals surface area contributed by atoms with Crippen molar-refractivity contribution < 1.29 is 4.79 Å². The van der Waals surface area contributed by atoms with Gasteiger partial charge in [0.2, 0.25) is 5.91 Å². The second-order valence-electron chi connectivity index (χ2n) is 8.95. The fraction of sp³-hybridized carbons (Fsp3) is 0.480. The molecule has 3 heteroatoms. The first kappa shape index (κ1) is 17.9. The standard InChI is InChI=1S/C25H30N2O/c1-18-7-8-23-21(15-18)11-14-27(25(23)20-5-3-2-4-6-20)24(28)16-22-17-26-12-9-19(22)10-13-26/h2-8,15,19,22,25H,9-14,16-17H2,1H3/t22-,25+/m1/s1. The number of benzene rings is 2. The number of aryl methyl sites for hydroxylation is 1. The van der Waals surface area contributed by atoms with Crippen molar-refractivity contribution in [1.82, 2.24) is 9.80 Å². The van der Waals surface area contributed by atoms with Gasteiger partial charge in [-0.05, 0) is 67.8 Å². The van der Waals surface area contributed by atoms with Gasteiger partial charge in [-0.15, -0.1) is 0 Å². The summed E-state index contributed by atoms with van der Waals surface area (Å²) in [6.45, 7) is 6.58. The van der Waals surface area contributed by atoms with Crippen LogP contribution in [0.25, 0.3) is 0 Å². The average molecular weight is 375 g/mol. The first-order valence-electron chi connectivity index (χ1n) is 10.9. The number of fused-ring (bicyclic) bond motifs is 4. The molecule has 6 rings (SSSR count). The number of nitrogens with zero attached hydrogens (tertiary/aromatic N) is 2. The molecule has 3 nitrogen and oxygen atoms in total. The fourth-order valence-corrected chi connectivity index (χ4v) is 5.68. The molecule has 3 saturated heterocycles. The molecule has 0 unspecified atom stereocenters. The van der Waals surface area contributed by atoms with Gasteiger partial charge in [0.15, 0.2) is 0 Å². The van der Waals surface area contributed by atoms with Crippen LogP contribution in [-0.4, -0.2) is 41.9 Å². The zero-order valence-corrected chi connectivity index (χ0v) is 16.8. The normalized spacial score (nSPS) is 28.8. The molecule has 146 valence electrons. The molecule has 2 aromatic carbocycles. The van der Waals surface area contributed by atoms with Crippen LogP contribution in [-0.2, 0) is 11.2 Å². The lowest BCUT2D eigenvalue weighted by atomic mass is 9.77. The lowest BCUT2D eigenvalue weighted by Gasteiger charge is -2.46. The minimum atomic E-state index is 0.0548. The van der Waals surface area contributed by atoms with Gasteiger partial charge in [0, 0.05) is 19.5 Å². The van der Waals surface area contributed by atoms with Gasteiger partial charge in [-0.3, -0.25) is 4.79 Å². The highest BCUT2D eigenvalue weighted by molar-refractivity contribution is 5.78. The predicted octanol–water partition coefficient (Wildman–Crippen LogP) is 4.20. The van der Waals surface area contributed by atoms with E-state index in [0.29, 0.717) is 18.2 Å². The molecule has 0 aliphatic carbocycles. The van der Waals surface area contributed by atoms with E-state index in [4.69, 9.17) is 0 Å². The maximum absolute atomic E-state index is 13.5. The Bertz CT molecular complexity index is 854. The summed E-state index contributed by atoms with van der Waals surface area (Å²) in [7, 11) is 0. The number of hydrogen-bond donors (Lipinski definition) is 0. The van der Waals surface area contributed by atoms with E-state index in [0.717, 1.165) is 25.4 Å². The fourth-order valence-electron chi connectivity index (χ4n) is 5.68. The van der Waals surface area contributed by atoms with Gasteiger partial charge in [0.1, 0.15) is 0 Å². The molecular weight excluding hydrogens is 344 g/mol. The minimum Gasteiger partial charge on any atom is -0.331 e. The van der Waals surface area contributed by atoms with Gasteiger partial charge in [0.05, 0.1) is 6.04 Å². The van der Waals surface area contributed by atoms with E-state index in [9.17, 15) is 4.79 Å². The maximum Gasteiger partial charge on any atom is 0.223 e. The molecule has 2 bridgehead atoms. The van der Waals surface area contributed by atoms with Crippen LogP contribution in [0.2, 0.25) is 0 Å². The number of carbonyl (C=O) groups is 1. The van der Waals surface area contributed by atoms with E-state index in [1.807, 2.05) is 0 Å². The Labute approximate surface area is 168 Å². The molecule has 2 atom stereocenters. The lowest BCUT2D eigenvalue weighted by Crippen LogP contribution is -2.49. The summed E-state index contributed by atoms with van der Waals surface area (Å²) in [5.74, 6) is 1.65. The third-order valence-electron chi connectivity index (χ3n) is 7.19. The number of carbonyl (C=O) groups excluding carboxylic acids is 1. The summed E-state index contributed by atoms with van der Waals surface area (Å²) < 4.78 is 0. The van der Waals surface area contributed by atoms with Crippen LogP contribution >= 0.6 is 0 Å². The third kappa shape index (κ3) is 3.26. The van der Waals surface area contributed by atoms with Gasteiger partial charge >= 0.3 is 0 Å². The second kappa shape index (κ2) is 7.36. The topological polar surface area (TPSA) is 23.6 Å². The molecule has 28 heavy (non-hydrogen) atoms. The molecule has 0 N–H and O–H groups in total.